The number of rotatable bonds is 6. The van der Waals surface area contributed by atoms with E-state index in [-0.39, 0.29) is 18.6 Å². The molecule has 1 aromatic rings. The summed E-state index contributed by atoms with van der Waals surface area (Å²) in [6, 6.07) is 8.36. The van der Waals surface area contributed by atoms with Gasteiger partial charge in [-0.1, -0.05) is 31.2 Å². The van der Waals surface area contributed by atoms with Gasteiger partial charge in [0, 0.05) is 26.0 Å². The molecule has 1 aliphatic heterocycles. The van der Waals surface area contributed by atoms with Gasteiger partial charge < -0.3 is 15.2 Å². The quantitative estimate of drug-likeness (QED) is 0.841. The molecule has 2 unspecified atom stereocenters. The van der Waals surface area contributed by atoms with E-state index < -0.39 is 5.60 Å². The van der Waals surface area contributed by atoms with E-state index >= 15 is 0 Å². The Balaban J connectivity index is 1.74. The molecule has 0 spiro atoms. The first-order valence-corrected chi connectivity index (χ1v) is 7.72. The van der Waals surface area contributed by atoms with Crippen LogP contribution in [0.2, 0.25) is 0 Å². The Morgan fingerprint density at radius 3 is 2.62 bits per heavy atom. The van der Waals surface area contributed by atoms with Crippen molar-refractivity contribution < 1.29 is 14.6 Å². The van der Waals surface area contributed by atoms with Crippen LogP contribution in [0, 0.1) is 0 Å². The van der Waals surface area contributed by atoms with Crippen LogP contribution in [0.15, 0.2) is 24.3 Å². The predicted molar refractivity (Wildman–Crippen MR) is 82.1 cm³/mol. The number of aryl methyl sites for hydroxylation is 2. The Bertz CT molecular complexity index is 471. The topological polar surface area (TPSA) is 58.6 Å². The molecule has 2 rings (SSSR count). The monoisotopic (exact) mass is 291 g/mol. The number of hydrogen-bond donors (Lipinski definition) is 2. The van der Waals surface area contributed by atoms with Crippen molar-refractivity contribution in [1.29, 1.82) is 0 Å². The van der Waals surface area contributed by atoms with Gasteiger partial charge in [-0.05, 0) is 30.9 Å². The number of carbonyl (C=O) groups is 1. The van der Waals surface area contributed by atoms with Gasteiger partial charge in [0.05, 0.1) is 6.10 Å². The molecule has 0 radical (unpaired) electrons. The Kier molecular flexibility index (Phi) is 5.37. The lowest BCUT2D eigenvalue weighted by molar-refractivity contribution is -0.122. The Hall–Kier alpha value is -1.39. The molecule has 1 heterocycles. The lowest BCUT2D eigenvalue weighted by Gasteiger charge is -2.26. The van der Waals surface area contributed by atoms with Crippen LogP contribution in [0.5, 0.6) is 0 Å². The van der Waals surface area contributed by atoms with E-state index in [2.05, 4.69) is 36.5 Å². The Morgan fingerprint density at radius 2 is 2.05 bits per heavy atom. The molecule has 2 atom stereocenters. The molecule has 1 aliphatic rings. The zero-order valence-electron chi connectivity index (χ0n) is 12.9. The summed E-state index contributed by atoms with van der Waals surface area (Å²) in [5.41, 5.74) is 1.55. The number of carbonyl (C=O) groups excluding carboxylic acids is 1. The molecule has 0 saturated carbocycles. The number of aliphatic hydroxyl groups is 1. The lowest BCUT2D eigenvalue weighted by atomic mass is 9.96. The van der Waals surface area contributed by atoms with E-state index in [1.54, 1.807) is 0 Å². The summed E-state index contributed by atoms with van der Waals surface area (Å²) < 4.78 is 5.35. The first-order chi connectivity index (χ1) is 10.0. The number of benzene rings is 1. The van der Waals surface area contributed by atoms with Crippen LogP contribution in [0.4, 0.5) is 0 Å². The van der Waals surface area contributed by atoms with Gasteiger partial charge in [0.15, 0.2) is 0 Å². The van der Waals surface area contributed by atoms with Crippen molar-refractivity contribution in [3.8, 4) is 0 Å². The largest absolute Gasteiger partial charge is 0.385 e. The van der Waals surface area contributed by atoms with Crippen molar-refractivity contribution in [3.63, 3.8) is 0 Å². The summed E-state index contributed by atoms with van der Waals surface area (Å²) in [4.78, 5) is 11.9. The SMILES string of the molecule is CCc1ccc(CCC(=O)NCC2(O)CCOC2C)cc1. The van der Waals surface area contributed by atoms with Crippen LogP contribution >= 0.6 is 0 Å². The summed E-state index contributed by atoms with van der Waals surface area (Å²) in [5, 5.41) is 13.1. The van der Waals surface area contributed by atoms with Gasteiger partial charge in [-0.2, -0.15) is 0 Å². The molecule has 4 heteroatoms. The smallest absolute Gasteiger partial charge is 0.220 e. The highest BCUT2D eigenvalue weighted by molar-refractivity contribution is 5.76. The van der Waals surface area contributed by atoms with Crippen LogP contribution in [-0.2, 0) is 22.4 Å². The van der Waals surface area contributed by atoms with Crippen molar-refractivity contribution in [2.45, 2.75) is 51.2 Å². The van der Waals surface area contributed by atoms with E-state index in [1.165, 1.54) is 11.1 Å². The van der Waals surface area contributed by atoms with Crippen LogP contribution in [0.1, 0.15) is 37.8 Å². The van der Waals surface area contributed by atoms with Gasteiger partial charge in [0.25, 0.3) is 0 Å². The maximum absolute atomic E-state index is 11.9. The molecule has 4 nitrogen and oxygen atoms in total. The van der Waals surface area contributed by atoms with Gasteiger partial charge in [-0.15, -0.1) is 0 Å². The number of ether oxygens (including phenoxy) is 1. The van der Waals surface area contributed by atoms with Crippen LogP contribution < -0.4 is 5.32 Å². The Labute approximate surface area is 126 Å². The fraction of sp³-hybridized carbons (Fsp3) is 0.588. The fourth-order valence-corrected chi connectivity index (χ4v) is 2.54. The summed E-state index contributed by atoms with van der Waals surface area (Å²) in [6.07, 6.45) is 2.54. The van der Waals surface area contributed by atoms with Crippen molar-refractivity contribution in [3.05, 3.63) is 35.4 Å². The molecular weight excluding hydrogens is 266 g/mol. The number of hydrogen-bond acceptors (Lipinski definition) is 3. The van der Waals surface area contributed by atoms with Crippen LogP contribution in [-0.4, -0.2) is 35.9 Å². The molecule has 1 aromatic carbocycles. The second-order valence-corrected chi connectivity index (χ2v) is 5.81. The van der Waals surface area contributed by atoms with Gasteiger partial charge in [0.2, 0.25) is 5.91 Å². The van der Waals surface area contributed by atoms with Gasteiger partial charge >= 0.3 is 0 Å². The zero-order chi connectivity index (χ0) is 15.3. The summed E-state index contributed by atoms with van der Waals surface area (Å²) in [5.74, 6) is -0.0258. The standard InChI is InChI=1S/C17H25NO3/c1-3-14-4-6-15(7-5-14)8-9-16(19)18-12-17(20)10-11-21-13(17)2/h4-7,13,20H,3,8-12H2,1-2H3,(H,18,19). The van der Waals surface area contributed by atoms with E-state index in [9.17, 15) is 9.90 Å². The van der Waals surface area contributed by atoms with Gasteiger partial charge in [0.1, 0.15) is 5.60 Å². The second-order valence-electron chi connectivity index (χ2n) is 5.81. The number of nitrogens with one attached hydrogen (secondary N) is 1. The third kappa shape index (κ3) is 4.29. The molecule has 1 amide bonds. The molecule has 2 N–H and O–H groups in total. The molecular formula is C17H25NO3. The van der Waals surface area contributed by atoms with Crippen LogP contribution in [0.25, 0.3) is 0 Å². The average Bonchev–Trinajstić information content (AvgIpc) is 2.83. The third-order valence-corrected chi connectivity index (χ3v) is 4.32. The molecule has 0 aliphatic carbocycles. The van der Waals surface area contributed by atoms with Crippen molar-refractivity contribution >= 4 is 5.91 Å². The minimum atomic E-state index is -0.918. The maximum Gasteiger partial charge on any atom is 0.220 e. The Morgan fingerprint density at radius 1 is 1.38 bits per heavy atom. The highest BCUT2D eigenvalue weighted by Crippen LogP contribution is 2.24. The summed E-state index contributed by atoms with van der Waals surface area (Å²) in [6.45, 7) is 4.79. The highest BCUT2D eigenvalue weighted by atomic mass is 16.5. The molecule has 1 fully saturated rings. The minimum Gasteiger partial charge on any atom is -0.385 e. The lowest BCUT2D eigenvalue weighted by Crippen LogP contribution is -2.47. The van der Waals surface area contributed by atoms with E-state index in [0.717, 1.165) is 12.8 Å². The van der Waals surface area contributed by atoms with Gasteiger partial charge in [-0.25, -0.2) is 0 Å². The minimum absolute atomic E-state index is 0.0258. The summed E-state index contributed by atoms with van der Waals surface area (Å²) >= 11 is 0. The predicted octanol–water partition coefficient (Wildman–Crippen LogP) is 1.84. The zero-order valence-corrected chi connectivity index (χ0v) is 12.9. The molecule has 1 saturated heterocycles. The molecule has 0 aromatic heterocycles. The molecule has 21 heavy (non-hydrogen) atoms. The molecule has 0 bridgehead atoms. The average molecular weight is 291 g/mol. The molecule has 116 valence electrons. The van der Waals surface area contributed by atoms with Crippen molar-refractivity contribution in [2.24, 2.45) is 0 Å². The maximum atomic E-state index is 11.9. The van der Waals surface area contributed by atoms with E-state index in [0.29, 0.717) is 19.4 Å². The van der Waals surface area contributed by atoms with Crippen LogP contribution in [0.3, 0.4) is 0 Å². The van der Waals surface area contributed by atoms with Crippen molar-refractivity contribution in [2.75, 3.05) is 13.2 Å². The third-order valence-electron chi connectivity index (χ3n) is 4.32. The van der Waals surface area contributed by atoms with Crippen molar-refractivity contribution in [1.82, 2.24) is 5.32 Å². The fourth-order valence-electron chi connectivity index (χ4n) is 2.54. The number of amides is 1. The van der Waals surface area contributed by atoms with E-state index in [1.807, 2.05) is 6.92 Å². The highest BCUT2D eigenvalue weighted by Gasteiger charge is 2.39. The van der Waals surface area contributed by atoms with Gasteiger partial charge in [-0.3, -0.25) is 4.79 Å². The second kappa shape index (κ2) is 7.05. The summed E-state index contributed by atoms with van der Waals surface area (Å²) in [7, 11) is 0. The normalized spacial score (nSPS) is 25.0. The first-order valence-electron chi connectivity index (χ1n) is 7.72. The van der Waals surface area contributed by atoms with E-state index in [4.69, 9.17) is 4.74 Å². The first kappa shape index (κ1) is 16.0.